The molecule has 2 aromatic carbocycles. The van der Waals surface area contributed by atoms with Crippen LogP contribution >= 0.6 is 11.6 Å². The number of hydrogen-bond acceptors (Lipinski definition) is 2. The van der Waals surface area contributed by atoms with Crippen LogP contribution in [0, 0.1) is 12.7 Å². The second-order valence-electron chi connectivity index (χ2n) is 4.04. The first-order chi connectivity index (χ1) is 8.56. The smallest absolute Gasteiger partial charge is 0.129 e. The molecule has 0 aliphatic heterocycles. The van der Waals surface area contributed by atoms with Crippen LogP contribution in [0.25, 0.3) is 0 Å². The standard InChI is InChI=1S/C14H13ClFNO/c1-9-2-4-12(7-13(9)16)18-8-10-6-11(15)3-5-14(10)17/h2-7H,8,17H2,1H3. The molecule has 18 heavy (non-hydrogen) atoms. The maximum Gasteiger partial charge on any atom is 0.129 e. The molecule has 0 aromatic heterocycles. The zero-order valence-corrected chi connectivity index (χ0v) is 10.7. The lowest BCUT2D eigenvalue weighted by molar-refractivity contribution is 0.305. The van der Waals surface area contributed by atoms with E-state index >= 15 is 0 Å². The van der Waals surface area contributed by atoms with Crippen LogP contribution in [0.4, 0.5) is 10.1 Å². The third-order valence-electron chi connectivity index (χ3n) is 2.64. The quantitative estimate of drug-likeness (QED) is 0.853. The summed E-state index contributed by atoms with van der Waals surface area (Å²) in [5.41, 5.74) is 7.77. The van der Waals surface area contributed by atoms with Crippen molar-refractivity contribution in [2.24, 2.45) is 0 Å². The van der Waals surface area contributed by atoms with E-state index in [0.717, 1.165) is 5.56 Å². The molecule has 0 saturated carbocycles. The fourth-order valence-electron chi connectivity index (χ4n) is 1.52. The maximum atomic E-state index is 13.3. The van der Waals surface area contributed by atoms with Gasteiger partial charge in [-0.05, 0) is 36.8 Å². The molecular weight excluding hydrogens is 253 g/mol. The van der Waals surface area contributed by atoms with Gasteiger partial charge >= 0.3 is 0 Å². The molecule has 2 rings (SSSR count). The molecule has 0 spiro atoms. The molecule has 0 amide bonds. The number of aryl methyl sites for hydroxylation is 1. The Bertz CT molecular complexity index is 572. The number of rotatable bonds is 3. The van der Waals surface area contributed by atoms with Crippen LogP contribution in [0.15, 0.2) is 36.4 Å². The molecule has 2 aromatic rings. The van der Waals surface area contributed by atoms with Crippen LogP contribution in [0.3, 0.4) is 0 Å². The summed E-state index contributed by atoms with van der Waals surface area (Å²) in [6.45, 7) is 1.96. The van der Waals surface area contributed by atoms with Crippen LogP contribution in [0.1, 0.15) is 11.1 Å². The van der Waals surface area contributed by atoms with Gasteiger partial charge in [0.05, 0.1) is 0 Å². The van der Waals surface area contributed by atoms with E-state index < -0.39 is 0 Å². The summed E-state index contributed by atoms with van der Waals surface area (Å²) in [4.78, 5) is 0. The van der Waals surface area contributed by atoms with Gasteiger partial charge in [0, 0.05) is 22.3 Å². The highest BCUT2D eigenvalue weighted by Gasteiger charge is 2.04. The van der Waals surface area contributed by atoms with Gasteiger partial charge in [0.2, 0.25) is 0 Å². The van der Waals surface area contributed by atoms with Crippen LogP contribution in [-0.4, -0.2) is 0 Å². The molecular formula is C14H13ClFNO. The molecule has 4 heteroatoms. The van der Waals surface area contributed by atoms with E-state index in [0.29, 0.717) is 22.0 Å². The van der Waals surface area contributed by atoms with Gasteiger partial charge in [0.1, 0.15) is 18.2 Å². The topological polar surface area (TPSA) is 35.2 Å². The molecule has 0 fully saturated rings. The van der Waals surface area contributed by atoms with E-state index in [2.05, 4.69) is 0 Å². The average molecular weight is 266 g/mol. The first-order valence-corrected chi connectivity index (χ1v) is 5.87. The number of ether oxygens (including phenoxy) is 1. The van der Waals surface area contributed by atoms with Gasteiger partial charge in [-0.3, -0.25) is 0 Å². The van der Waals surface area contributed by atoms with Crippen LogP contribution in [0.2, 0.25) is 5.02 Å². The monoisotopic (exact) mass is 265 g/mol. The molecule has 0 saturated heterocycles. The number of hydrogen-bond donors (Lipinski definition) is 1. The predicted octanol–water partition coefficient (Wildman–Crippen LogP) is 3.95. The summed E-state index contributed by atoms with van der Waals surface area (Å²) in [5, 5.41) is 0.595. The predicted molar refractivity (Wildman–Crippen MR) is 71.3 cm³/mol. The van der Waals surface area contributed by atoms with Crippen molar-refractivity contribution in [1.29, 1.82) is 0 Å². The molecule has 94 valence electrons. The van der Waals surface area contributed by atoms with E-state index in [9.17, 15) is 4.39 Å². The summed E-state index contributed by atoms with van der Waals surface area (Å²) >= 11 is 5.87. The van der Waals surface area contributed by atoms with Gasteiger partial charge in [-0.25, -0.2) is 4.39 Å². The van der Waals surface area contributed by atoms with Crippen molar-refractivity contribution >= 4 is 17.3 Å². The molecule has 2 N–H and O–H groups in total. The zero-order chi connectivity index (χ0) is 13.1. The SMILES string of the molecule is Cc1ccc(OCc2cc(Cl)ccc2N)cc1F. The van der Waals surface area contributed by atoms with Crippen molar-refractivity contribution in [2.75, 3.05) is 5.73 Å². The van der Waals surface area contributed by atoms with Gasteiger partial charge < -0.3 is 10.5 Å². The Morgan fingerprint density at radius 1 is 1.22 bits per heavy atom. The van der Waals surface area contributed by atoms with E-state index in [-0.39, 0.29) is 12.4 Å². The molecule has 0 atom stereocenters. The van der Waals surface area contributed by atoms with Gasteiger partial charge in [0.25, 0.3) is 0 Å². The number of anilines is 1. The molecule has 2 nitrogen and oxygen atoms in total. The molecule has 0 heterocycles. The van der Waals surface area contributed by atoms with Gasteiger partial charge in [0.15, 0.2) is 0 Å². The van der Waals surface area contributed by atoms with Crippen LogP contribution in [-0.2, 0) is 6.61 Å². The summed E-state index contributed by atoms with van der Waals surface area (Å²) in [6, 6.07) is 9.92. The number of halogens is 2. The molecule has 0 unspecified atom stereocenters. The third kappa shape index (κ3) is 2.93. The fraction of sp³-hybridized carbons (Fsp3) is 0.143. The maximum absolute atomic E-state index is 13.3. The Morgan fingerprint density at radius 2 is 2.00 bits per heavy atom. The summed E-state index contributed by atoms with van der Waals surface area (Å²) in [7, 11) is 0. The normalized spacial score (nSPS) is 10.4. The van der Waals surface area contributed by atoms with Gasteiger partial charge in [-0.15, -0.1) is 0 Å². The molecule has 0 aliphatic carbocycles. The Labute approximate surface area is 110 Å². The molecule has 0 radical (unpaired) electrons. The van der Waals surface area contributed by atoms with Crippen LogP contribution in [0.5, 0.6) is 5.75 Å². The second-order valence-corrected chi connectivity index (χ2v) is 4.48. The lowest BCUT2D eigenvalue weighted by Crippen LogP contribution is -2.00. The summed E-state index contributed by atoms with van der Waals surface area (Å²) < 4.78 is 18.8. The minimum Gasteiger partial charge on any atom is -0.489 e. The van der Waals surface area contributed by atoms with Crippen LogP contribution < -0.4 is 10.5 Å². The largest absolute Gasteiger partial charge is 0.489 e. The number of benzene rings is 2. The zero-order valence-electron chi connectivity index (χ0n) is 9.91. The van der Waals surface area contributed by atoms with Crippen molar-refractivity contribution in [3.05, 3.63) is 58.4 Å². The Morgan fingerprint density at radius 3 is 2.72 bits per heavy atom. The minimum absolute atomic E-state index is 0.259. The lowest BCUT2D eigenvalue weighted by Gasteiger charge is -2.09. The van der Waals surface area contributed by atoms with E-state index in [1.807, 2.05) is 0 Å². The second kappa shape index (κ2) is 5.27. The van der Waals surface area contributed by atoms with Crippen molar-refractivity contribution in [2.45, 2.75) is 13.5 Å². The first kappa shape index (κ1) is 12.7. The van der Waals surface area contributed by atoms with Gasteiger partial charge in [-0.2, -0.15) is 0 Å². The highest BCUT2D eigenvalue weighted by Crippen LogP contribution is 2.21. The lowest BCUT2D eigenvalue weighted by atomic mass is 10.2. The molecule has 0 aliphatic rings. The Balaban J connectivity index is 2.11. The first-order valence-electron chi connectivity index (χ1n) is 5.49. The van der Waals surface area contributed by atoms with Gasteiger partial charge in [-0.1, -0.05) is 17.7 Å². The highest BCUT2D eigenvalue weighted by molar-refractivity contribution is 6.30. The van der Waals surface area contributed by atoms with E-state index in [1.54, 1.807) is 37.3 Å². The van der Waals surface area contributed by atoms with Crippen molar-refractivity contribution in [3.8, 4) is 5.75 Å². The summed E-state index contributed by atoms with van der Waals surface area (Å²) in [6.07, 6.45) is 0. The van der Waals surface area contributed by atoms with E-state index in [4.69, 9.17) is 22.1 Å². The average Bonchev–Trinajstić information content (AvgIpc) is 2.34. The van der Waals surface area contributed by atoms with E-state index in [1.165, 1.54) is 6.07 Å². The molecule has 0 bridgehead atoms. The number of nitrogens with two attached hydrogens (primary N) is 1. The number of nitrogen functional groups attached to an aromatic ring is 1. The summed E-state index contributed by atoms with van der Waals surface area (Å²) in [5.74, 6) is 0.184. The Hall–Kier alpha value is -1.74. The minimum atomic E-state index is -0.286. The fourth-order valence-corrected chi connectivity index (χ4v) is 1.72. The van der Waals surface area contributed by atoms with Crippen molar-refractivity contribution in [3.63, 3.8) is 0 Å². The third-order valence-corrected chi connectivity index (χ3v) is 2.88. The van der Waals surface area contributed by atoms with Crippen molar-refractivity contribution in [1.82, 2.24) is 0 Å². The Kier molecular flexibility index (Phi) is 3.72. The van der Waals surface area contributed by atoms with Crippen molar-refractivity contribution < 1.29 is 9.13 Å². The highest BCUT2D eigenvalue weighted by atomic mass is 35.5.